The van der Waals surface area contributed by atoms with Crippen LogP contribution >= 0.6 is 0 Å². The summed E-state index contributed by atoms with van der Waals surface area (Å²) in [6.07, 6.45) is 8.09. The van der Waals surface area contributed by atoms with Crippen molar-refractivity contribution in [2.45, 2.75) is 44.7 Å². The van der Waals surface area contributed by atoms with Gasteiger partial charge >= 0.3 is 6.03 Å². The second-order valence-electron chi connectivity index (χ2n) is 9.08. The van der Waals surface area contributed by atoms with E-state index in [1.807, 2.05) is 59.3 Å². The third-order valence-corrected chi connectivity index (χ3v) is 6.85. The van der Waals surface area contributed by atoms with Crippen molar-refractivity contribution in [1.82, 2.24) is 14.8 Å². The van der Waals surface area contributed by atoms with Gasteiger partial charge in [0.25, 0.3) is 11.8 Å². The molecule has 3 aromatic rings. The first-order valence-corrected chi connectivity index (χ1v) is 12.3. The zero-order valence-corrected chi connectivity index (χ0v) is 20.2. The van der Waals surface area contributed by atoms with Gasteiger partial charge in [-0.25, -0.2) is 4.79 Å². The Morgan fingerprint density at radius 1 is 0.972 bits per heavy atom. The van der Waals surface area contributed by atoms with E-state index in [0.29, 0.717) is 24.7 Å². The number of methoxy groups -OCH3 is 1. The van der Waals surface area contributed by atoms with Crippen LogP contribution in [0.2, 0.25) is 0 Å². The van der Waals surface area contributed by atoms with Crippen LogP contribution in [0.4, 0.5) is 4.79 Å². The van der Waals surface area contributed by atoms with Gasteiger partial charge in [0, 0.05) is 28.7 Å². The average molecular weight is 488 g/mol. The molecule has 1 saturated heterocycles. The van der Waals surface area contributed by atoms with Crippen molar-refractivity contribution in [2.75, 3.05) is 13.7 Å². The molecule has 2 heterocycles. The molecule has 0 atom stereocenters. The maximum atomic E-state index is 13.3. The van der Waals surface area contributed by atoms with Crippen molar-refractivity contribution in [2.24, 2.45) is 0 Å². The number of carbonyl (C=O) groups excluding carboxylic acids is 3. The van der Waals surface area contributed by atoms with E-state index in [0.717, 1.165) is 48.6 Å². The number of fused-ring (bicyclic) bond motifs is 1. The molecule has 1 aliphatic heterocycles. The van der Waals surface area contributed by atoms with E-state index in [-0.39, 0.29) is 11.6 Å². The van der Waals surface area contributed by atoms with Crippen molar-refractivity contribution in [3.8, 4) is 11.5 Å². The Morgan fingerprint density at radius 2 is 1.69 bits per heavy atom. The minimum Gasteiger partial charge on any atom is -0.493 e. The summed E-state index contributed by atoms with van der Waals surface area (Å²) in [5.74, 6) is 0.148. The van der Waals surface area contributed by atoms with Crippen LogP contribution in [0.1, 0.15) is 37.7 Å². The Hall–Kier alpha value is -4.07. The highest BCUT2D eigenvalue weighted by Crippen LogP contribution is 2.29. The maximum Gasteiger partial charge on any atom is 0.331 e. The van der Waals surface area contributed by atoms with E-state index in [9.17, 15) is 14.4 Å². The summed E-state index contributed by atoms with van der Waals surface area (Å²) in [6, 6.07) is 14.5. The molecule has 4 amide bonds. The van der Waals surface area contributed by atoms with E-state index in [2.05, 4.69) is 5.32 Å². The fraction of sp³-hybridized carbons (Fsp3) is 0.321. The Bertz CT molecular complexity index is 1340. The Labute approximate surface area is 209 Å². The van der Waals surface area contributed by atoms with Crippen molar-refractivity contribution in [3.63, 3.8) is 0 Å². The SMILES string of the molecule is COc1ccccc1OCCn1cc(/C=C2\C(=O)NC(=O)N(C3CCCCC3)C2=O)c2ccccc21. The lowest BCUT2D eigenvalue weighted by atomic mass is 9.93. The Morgan fingerprint density at radius 3 is 2.47 bits per heavy atom. The fourth-order valence-electron chi connectivity index (χ4n) is 5.06. The Balaban J connectivity index is 1.41. The van der Waals surface area contributed by atoms with Gasteiger partial charge in [-0.15, -0.1) is 0 Å². The van der Waals surface area contributed by atoms with Crippen LogP contribution in [0.25, 0.3) is 17.0 Å². The molecule has 186 valence electrons. The zero-order chi connectivity index (χ0) is 25.1. The molecule has 0 bridgehead atoms. The number of benzene rings is 2. The summed E-state index contributed by atoms with van der Waals surface area (Å²) in [6.45, 7) is 0.951. The minimum atomic E-state index is -0.659. The number of para-hydroxylation sites is 3. The molecule has 36 heavy (non-hydrogen) atoms. The minimum absolute atomic E-state index is 0.0200. The summed E-state index contributed by atoms with van der Waals surface area (Å²) in [7, 11) is 1.60. The van der Waals surface area contributed by atoms with Gasteiger partial charge in [-0.2, -0.15) is 0 Å². The number of amides is 4. The van der Waals surface area contributed by atoms with Crippen LogP contribution < -0.4 is 14.8 Å². The van der Waals surface area contributed by atoms with E-state index in [1.54, 1.807) is 13.2 Å². The van der Waals surface area contributed by atoms with Crippen LogP contribution in [-0.2, 0) is 16.1 Å². The van der Waals surface area contributed by atoms with Crippen molar-refractivity contribution >= 4 is 34.8 Å². The summed E-state index contributed by atoms with van der Waals surface area (Å²) < 4.78 is 13.3. The molecule has 8 heteroatoms. The molecule has 8 nitrogen and oxygen atoms in total. The maximum absolute atomic E-state index is 13.3. The number of nitrogens with zero attached hydrogens (tertiary/aromatic N) is 2. The second kappa shape index (κ2) is 10.3. The van der Waals surface area contributed by atoms with Gasteiger partial charge in [0.15, 0.2) is 11.5 Å². The van der Waals surface area contributed by atoms with Gasteiger partial charge in [0.05, 0.1) is 13.7 Å². The number of rotatable bonds is 7. The van der Waals surface area contributed by atoms with Crippen LogP contribution in [0, 0.1) is 0 Å². The number of nitrogens with one attached hydrogen (secondary N) is 1. The van der Waals surface area contributed by atoms with Gasteiger partial charge in [-0.05, 0) is 37.1 Å². The molecular formula is C28H29N3O5. The van der Waals surface area contributed by atoms with E-state index < -0.39 is 17.8 Å². The Kier molecular flexibility index (Phi) is 6.75. The number of hydrogen-bond acceptors (Lipinski definition) is 5. The standard InChI is InChI=1S/C28H29N3O5/c1-35-24-13-7-8-14-25(24)36-16-15-30-18-19(21-11-5-6-12-23(21)30)17-22-26(32)29-28(34)31(27(22)33)20-9-3-2-4-10-20/h5-8,11-14,17-18,20H,2-4,9-10,15-16H2,1H3,(H,29,32,34)/b22-17+. The zero-order valence-electron chi connectivity index (χ0n) is 20.2. The van der Waals surface area contributed by atoms with Crippen LogP contribution in [0.15, 0.2) is 60.3 Å². The predicted octanol–water partition coefficient (Wildman–Crippen LogP) is 4.52. The van der Waals surface area contributed by atoms with Gasteiger partial charge in [0.2, 0.25) is 0 Å². The lowest BCUT2D eigenvalue weighted by molar-refractivity contribution is -0.132. The molecule has 0 spiro atoms. The molecule has 2 fully saturated rings. The first-order chi connectivity index (χ1) is 17.6. The van der Waals surface area contributed by atoms with Crippen LogP contribution in [0.3, 0.4) is 0 Å². The number of imide groups is 2. The molecule has 2 aliphatic rings. The smallest absolute Gasteiger partial charge is 0.331 e. The summed E-state index contributed by atoms with van der Waals surface area (Å²) in [4.78, 5) is 39.8. The van der Waals surface area contributed by atoms with Crippen molar-refractivity contribution in [1.29, 1.82) is 0 Å². The number of barbiturate groups is 1. The fourth-order valence-corrected chi connectivity index (χ4v) is 5.06. The van der Waals surface area contributed by atoms with Crippen molar-refractivity contribution < 1.29 is 23.9 Å². The van der Waals surface area contributed by atoms with Gasteiger partial charge in [0.1, 0.15) is 12.2 Å². The molecule has 5 rings (SSSR count). The molecule has 0 radical (unpaired) electrons. The molecule has 0 unspecified atom stereocenters. The van der Waals surface area contributed by atoms with E-state index in [4.69, 9.17) is 9.47 Å². The molecule has 1 aliphatic carbocycles. The van der Waals surface area contributed by atoms with Crippen LogP contribution in [0.5, 0.6) is 11.5 Å². The number of urea groups is 1. The molecule has 1 aromatic heterocycles. The van der Waals surface area contributed by atoms with E-state index in [1.165, 1.54) is 4.90 Å². The number of aromatic nitrogens is 1. The molecule has 1 N–H and O–H groups in total. The largest absolute Gasteiger partial charge is 0.493 e. The first kappa shape index (κ1) is 23.7. The highest BCUT2D eigenvalue weighted by Gasteiger charge is 2.40. The second-order valence-corrected chi connectivity index (χ2v) is 9.08. The number of carbonyl (C=O) groups is 3. The lowest BCUT2D eigenvalue weighted by Crippen LogP contribution is -2.58. The van der Waals surface area contributed by atoms with Crippen molar-refractivity contribution in [3.05, 3.63) is 65.9 Å². The number of ether oxygens (including phenoxy) is 2. The summed E-state index contributed by atoms with van der Waals surface area (Å²) >= 11 is 0. The molecule has 2 aromatic carbocycles. The average Bonchev–Trinajstić information content (AvgIpc) is 3.24. The normalized spacial score (nSPS) is 18.1. The lowest BCUT2D eigenvalue weighted by Gasteiger charge is -2.35. The van der Waals surface area contributed by atoms with Gasteiger partial charge < -0.3 is 14.0 Å². The highest BCUT2D eigenvalue weighted by atomic mass is 16.5. The molecule has 1 saturated carbocycles. The summed E-state index contributed by atoms with van der Waals surface area (Å²) in [5.41, 5.74) is 1.67. The quantitative estimate of drug-likeness (QED) is 0.391. The van der Waals surface area contributed by atoms with E-state index >= 15 is 0 Å². The monoisotopic (exact) mass is 487 g/mol. The third-order valence-electron chi connectivity index (χ3n) is 6.85. The van der Waals surface area contributed by atoms with Gasteiger partial charge in [-0.3, -0.25) is 19.8 Å². The number of hydrogen-bond donors (Lipinski definition) is 1. The third kappa shape index (κ3) is 4.58. The van der Waals surface area contributed by atoms with Crippen LogP contribution in [-0.4, -0.2) is 47.1 Å². The summed E-state index contributed by atoms with van der Waals surface area (Å²) in [5, 5.41) is 3.27. The first-order valence-electron chi connectivity index (χ1n) is 12.3. The van der Waals surface area contributed by atoms with Gasteiger partial charge in [-0.1, -0.05) is 49.6 Å². The highest BCUT2D eigenvalue weighted by molar-refractivity contribution is 6.31. The predicted molar refractivity (Wildman–Crippen MR) is 136 cm³/mol. The topological polar surface area (TPSA) is 89.9 Å². The molecular weight excluding hydrogens is 458 g/mol.